The van der Waals surface area contributed by atoms with Crippen LogP contribution in [0.1, 0.15) is 18.4 Å². The zero-order valence-corrected chi connectivity index (χ0v) is 15.2. The fraction of sp³-hybridized carbons (Fsp3) is 0.562. The van der Waals surface area contributed by atoms with Crippen molar-refractivity contribution in [1.82, 2.24) is 10.2 Å². The van der Waals surface area contributed by atoms with E-state index in [1.807, 2.05) is 25.1 Å². The number of carbonyl (C=O) groups excluding carboxylic acids is 1. The average molecular weight is 389 g/mol. The molecule has 122 valence electrons. The monoisotopic (exact) mass is 387 g/mol. The van der Waals surface area contributed by atoms with E-state index in [9.17, 15) is 4.79 Å². The van der Waals surface area contributed by atoms with E-state index in [2.05, 4.69) is 31.5 Å². The van der Waals surface area contributed by atoms with Crippen LogP contribution in [-0.2, 0) is 4.79 Å². The van der Waals surface area contributed by atoms with Crippen molar-refractivity contribution in [2.24, 2.45) is 5.41 Å². The van der Waals surface area contributed by atoms with Gasteiger partial charge in [-0.15, -0.1) is 12.4 Å². The summed E-state index contributed by atoms with van der Waals surface area (Å²) in [6.07, 6.45) is 2.45. The molecule has 0 saturated carbocycles. The topological polar surface area (TPSA) is 44.4 Å². The molecule has 1 amide bonds. The first-order valence-electron chi connectivity index (χ1n) is 7.55. The van der Waals surface area contributed by atoms with Gasteiger partial charge in [-0.2, -0.15) is 0 Å². The number of aryl methyl sites for hydroxylation is 1. The highest BCUT2D eigenvalue weighted by molar-refractivity contribution is 9.10. The molecule has 0 aliphatic carbocycles. The van der Waals surface area contributed by atoms with E-state index in [4.69, 9.17) is 0 Å². The standard InChI is InChI=1S/C16H22BrN3O.ClH/c1-12-2-3-14(13(17)8-12)19-15(21)9-20-7-5-16(11-20)4-6-18-10-16;/h2-3,8,18H,4-7,9-11H2,1H3,(H,19,21);1H. The Balaban J connectivity index is 0.00000176. The van der Waals surface area contributed by atoms with E-state index in [1.165, 1.54) is 18.4 Å². The fourth-order valence-electron chi connectivity index (χ4n) is 3.42. The lowest BCUT2D eigenvalue weighted by Crippen LogP contribution is -2.34. The molecule has 0 radical (unpaired) electrons. The molecule has 0 bridgehead atoms. The van der Waals surface area contributed by atoms with E-state index in [1.54, 1.807) is 0 Å². The molecule has 1 spiro atoms. The number of nitrogens with zero attached hydrogens (tertiary/aromatic N) is 1. The second-order valence-electron chi connectivity index (χ2n) is 6.42. The maximum Gasteiger partial charge on any atom is 0.238 e. The second-order valence-corrected chi connectivity index (χ2v) is 7.27. The lowest BCUT2D eigenvalue weighted by molar-refractivity contribution is -0.117. The molecule has 2 aliphatic rings. The van der Waals surface area contributed by atoms with Gasteiger partial charge in [0.15, 0.2) is 0 Å². The average Bonchev–Trinajstić information content (AvgIpc) is 3.04. The number of anilines is 1. The van der Waals surface area contributed by atoms with Gasteiger partial charge in [0.25, 0.3) is 0 Å². The maximum atomic E-state index is 12.2. The quantitative estimate of drug-likeness (QED) is 0.837. The molecule has 2 N–H and O–H groups in total. The Bertz CT molecular complexity index is 546. The first-order valence-corrected chi connectivity index (χ1v) is 8.35. The van der Waals surface area contributed by atoms with Crippen LogP contribution in [0.25, 0.3) is 0 Å². The van der Waals surface area contributed by atoms with Crippen LogP contribution in [0.15, 0.2) is 22.7 Å². The van der Waals surface area contributed by atoms with Crippen LogP contribution in [0.5, 0.6) is 0 Å². The van der Waals surface area contributed by atoms with Gasteiger partial charge in [0.2, 0.25) is 5.91 Å². The van der Waals surface area contributed by atoms with Gasteiger partial charge in [-0.3, -0.25) is 9.69 Å². The smallest absolute Gasteiger partial charge is 0.238 e. The van der Waals surface area contributed by atoms with Crippen molar-refractivity contribution in [3.05, 3.63) is 28.2 Å². The van der Waals surface area contributed by atoms with E-state index >= 15 is 0 Å². The number of amides is 1. The number of hydrogen-bond donors (Lipinski definition) is 2. The lowest BCUT2D eigenvalue weighted by atomic mass is 9.87. The van der Waals surface area contributed by atoms with E-state index < -0.39 is 0 Å². The Hall–Kier alpha value is -0.620. The molecule has 2 heterocycles. The molecular weight excluding hydrogens is 366 g/mol. The summed E-state index contributed by atoms with van der Waals surface area (Å²) in [5.41, 5.74) is 2.45. The van der Waals surface area contributed by atoms with Crippen LogP contribution in [0, 0.1) is 12.3 Å². The highest BCUT2D eigenvalue weighted by Crippen LogP contribution is 2.35. The number of halogens is 2. The molecule has 22 heavy (non-hydrogen) atoms. The second kappa shape index (κ2) is 7.30. The summed E-state index contributed by atoms with van der Waals surface area (Å²) in [5.74, 6) is 0.0718. The Morgan fingerprint density at radius 3 is 2.95 bits per heavy atom. The molecule has 2 aliphatic heterocycles. The van der Waals surface area contributed by atoms with Crippen molar-refractivity contribution in [3.63, 3.8) is 0 Å². The summed E-state index contributed by atoms with van der Waals surface area (Å²) >= 11 is 3.50. The summed E-state index contributed by atoms with van der Waals surface area (Å²) in [7, 11) is 0. The zero-order chi connectivity index (χ0) is 14.9. The highest BCUT2D eigenvalue weighted by atomic mass is 79.9. The van der Waals surface area contributed by atoms with Crippen molar-refractivity contribution in [3.8, 4) is 0 Å². The Morgan fingerprint density at radius 2 is 2.27 bits per heavy atom. The number of benzene rings is 1. The summed E-state index contributed by atoms with van der Waals surface area (Å²) < 4.78 is 0.939. The van der Waals surface area contributed by atoms with Gasteiger partial charge in [0, 0.05) is 17.6 Å². The minimum Gasteiger partial charge on any atom is -0.324 e. The van der Waals surface area contributed by atoms with Gasteiger partial charge in [0.05, 0.1) is 12.2 Å². The van der Waals surface area contributed by atoms with Gasteiger partial charge >= 0.3 is 0 Å². The van der Waals surface area contributed by atoms with Crippen LogP contribution in [0.4, 0.5) is 5.69 Å². The molecule has 2 fully saturated rings. The molecule has 2 saturated heterocycles. The van der Waals surface area contributed by atoms with Gasteiger partial charge in [-0.25, -0.2) is 0 Å². The molecule has 6 heteroatoms. The van der Waals surface area contributed by atoms with Crippen LogP contribution in [-0.4, -0.2) is 43.5 Å². The SMILES string of the molecule is Cc1ccc(NC(=O)CN2CCC3(CCNC3)C2)c(Br)c1.Cl. The van der Waals surface area contributed by atoms with Crippen molar-refractivity contribution < 1.29 is 4.79 Å². The summed E-state index contributed by atoms with van der Waals surface area (Å²) in [6, 6.07) is 5.98. The first-order chi connectivity index (χ1) is 10.1. The molecular formula is C16H23BrClN3O. The van der Waals surface area contributed by atoms with Gasteiger partial charge in [-0.05, 0) is 71.9 Å². The molecule has 3 rings (SSSR count). The van der Waals surface area contributed by atoms with Gasteiger partial charge in [0.1, 0.15) is 0 Å². The zero-order valence-electron chi connectivity index (χ0n) is 12.8. The Morgan fingerprint density at radius 1 is 1.45 bits per heavy atom. The summed E-state index contributed by atoms with van der Waals surface area (Å²) in [5, 5.41) is 6.45. The number of rotatable bonds is 3. The van der Waals surface area contributed by atoms with E-state index in [-0.39, 0.29) is 18.3 Å². The van der Waals surface area contributed by atoms with E-state index in [0.717, 1.165) is 36.3 Å². The van der Waals surface area contributed by atoms with Gasteiger partial charge in [-0.1, -0.05) is 6.07 Å². The highest BCUT2D eigenvalue weighted by Gasteiger charge is 2.40. The number of carbonyl (C=O) groups is 1. The predicted octanol–water partition coefficient (Wildman–Crippen LogP) is 2.80. The summed E-state index contributed by atoms with van der Waals surface area (Å²) in [6.45, 7) is 6.83. The predicted molar refractivity (Wildman–Crippen MR) is 95.7 cm³/mol. The van der Waals surface area contributed by atoms with Crippen molar-refractivity contribution >= 4 is 39.9 Å². The van der Waals surface area contributed by atoms with Crippen LogP contribution in [0.2, 0.25) is 0 Å². The lowest BCUT2D eigenvalue weighted by Gasteiger charge is -2.22. The van der Waals surface area contributed by atoms with Crippen molar-refractivity contribution in [2.75, 3.05) is 38.0 Å². The normalized spacial score (nSPS) is 24.5. The van der Waals surface area contributed by atoms with Crippen molar-refractivity contribution in [1.29, 1.82) is 0 Å². The molecule has 1 unspecified atom stereocenters. The molecule has 0 aromatic heterocycles. The summed E-state index contributed by atoms with van der Waals surface area (Å²) in [4.78, 5) is 14.5. The molecule has 1 aromatic carbocycles. The maximum absolute atomic E-state index is 12.2. The number of hydrogen-bond acceptors (Lipinski definition) is 3. The van der Waals surface area contributed by atoms with Gasteiger partial charge < -0.3 is 10.6 Å². The minimum atomic E-state index is 0. The third-order valence-corrected chi connectivity index (χ3v) is 5.27. The molecule has 1 aromatic rings. The fourth-order valence-corrected chi connectivity index (χ4v) is 4.01. The molecule has 1 atom stereocenters. The number of nitrogens with one attached hydrogen (secondary N) is 2. The Kier molecular flexibility index (Phi) is 5.88. The third kappa shape index (κ3) is 4.02. The van der Waals surface area contributed by atoms with Crippen LogP contribution >= 0.6 is 28.3 Å². The number of likely N-dealkylation sites (tertiary alicyclic amines) is 1. The van der Waals surface area contributed by atoms with Crippen LogP contribution in [0.3, 0.4) is 0 Å². The van der Waals surface area contributed by atoms with Crippen molar-refractivity contribution in [2.45, 2.75) is 19.8 Å². The third-order valence-electron chi connectivity index (χ3n) is 4.62. The van der Waals surface area contributed by atoms with Crippen LogP contribution < -0.4 is 10.6 Å². The Labute approximate surface area is 146 Å². The van der Waals surface area contributed by atoms with E-state index in [0.29, 0.717) is 12.0 Å². The molecule has 4 nitrogen and oxygen atoms in total. The minimum absolute atomic E-state index is 0. The largest absolute Gasteiger partial charge is 0.324 e. The first kappa shape index (κ1) is 17.7.